The van der Waals surface area contributed by atoms with Gasteiger partial charge < -0.3 is 9.84 Å². The summed E-state index contributed by atoms with van der Waals surface area (Å²) in [5.74, 6) is 0.720. The van der Waals surface area contributed by atoms with E-state index in [0.29, 0.717) is 18.3 Å². The molecule has 2 rings (SSSR count). The Kier molecular flexibility index (Phi) is 5.39. The third-order valence-electron chi connectivity index (χ3n) is 2.98. The van der Waals surface area contributed by atoms with Gasteiger partial charge in [-0.25, -0.2) is 0 Å². The van der Waals surface area contributed by atoms with Crippen molar-refractivity contribution in [3.8, 4) is 11.5 Å². The zero-order chi connectivity index (χ0) is 16.1. The molecular weight excluding hydrogens is 296 g/mol. The highest BCUT2D eigenvalue weighted by molar-refractivity contribution is 7.12. The van der Waals surface area contributed by atoms with Crippen LogP contribution in [-0.4, -0.2) is 17.5 Å². The number of aromatic hydroxyl groups is 1. The van der Waals surface area contributed by atoms with Gasteiger partial charge in [0.1, 0.15) is 11.5 Å². The van der Waals surface area contributed by atoms with Crippen LogP contribution in [0.1, 0.15) is 34.0 Å². The Morgan fingerprint density at radius 3 is 2.73 bits per heavy atom. The summed E-state index contributed by atoms with van der Waals surface area (Å²) in [7, 11) is 0. The summed E-state index contributed by atoms with van der Waals surface area (Å²) in [6.45, 7) is 6.70. The summed E-state index contributed by atoms with van der Waals surface area (Å²) < 4.78 is 5.59. The minimum Gasteiger partial charge on any atom is -0.507 e. The van der Waals surface area contributed by atoms with Crippen molar-refractivity contribution >= 4 is 23.2 Å². The van der Waals surface area contributed by atoms with Gasteiger partial charge in [0.25, 0.3) is 0 Å². The molecule has 0 aliphatic rings. The minimum atomic E-state index is -0.237. The predicted molar refractivity (Wildman–Crippen MR) is 90.9 cm³/mol. The molecule has 0 unspecified atom stereocenters. The molecule has 1 aromatic carbocycles. The van der Waals surface area contributed by atoms with E-state index in [1.54, 1.807) is 29.5 Å². The number of hydrogen-bond donors (Lipinski definition) is 1. The molecule has 116 valence electrons. The third-order valence-corrected chi connectivity index (χ3v) is 3.94. The summed E-state index contributed by atoms with van der Waals surface area (Å²) in [4.78, 5) is 14.4. The van der Waals surface area contributed by atoms with Crippen LogP contribution in [0.15, 0.2) is 36.4 Å². The van der Waals surface area contributed by atoms with E-state index in [1.165, 1.54) is 17.0 Å². The number of ketones is 1. The van der Waals surface area contributed by atoms with Crippen molar-refractivity contribution in [3.63, 3.8) is 0 Å². The van der Waals surface area contributed by atoms with Crippen molar-refractivity contribution in [1.29, 1.82) is 0 Å². The van der Waals surface area contributed by atoms with Gasteiger partial charge in [0.2, 0.25) is 0 Å². The van der Waals surface area contributed by atoms with E-state index in [9.17, 15) is 9.90 Å². The van der Waals surface area contributed by atoms with Crippen LogP contribution in [0.5, 0.6) is 11.5 Å². The molecule has 0 aliphatic carbocycles. The Morgan fingerprint density at radius 2 is 2.09 bits per heavy atom. The summed E-state index contributed by atoms with van der Waals surface area (Å²) >= 11 is 1.62. The molecule has 0 spiro atoms. The van der Waals surface area contributed by atoms with E-state index in [0.717, 1.165) is 4.88 Å². The molecule has 0 aliphatic heterocycles. The van der Waals surface area contributed by atoms with Gasteiger partial charge in [-0.05, 0) is 55.3 Å². The van der Waals surface area contributed by atoms with Gasteiger partial charge in [-0.15, -0.1) is 11.3 Å². The van der Waals surface area contributed by atoms with Crippen molar-refractivity contribution in [2.45, 2.75) is 20.8 Å². The van der Waals surface area contributed by atoms with E-state index in [4.69, 9.17) is 4.74 Å². The van der Waals surface area contributed by atoms with E-state index < -0.39 is 0 Å². The Labute approximate surface area is 134 Å². The molecular formula is C18H20O3S. The van der Waals surface area contributed by atoms with Crippen LogP contribution in [-0.2, 0) is 0 Å². The lowest BCUT2D eigenvalue weighted by molar-refractivity contribution is 0.104. The Morgan fingerprint density at radius 1 is 1.32 bits per heavy atom. The number of benzene rings is 1. The molecule has 0 fully saturated rings. The number of thiophene rings is 1. The van der Waals surface area contributed by atoms with Crippen molar-refractivity contribution in [2.24, 2.45) is 5.92 Å². The largest absolute Gasteiger partial charge is 0.507 e. The highest BCUT2D eigenvalue weighted by Gasteiger charge is 2.10. The van der Waals surface area contributed by atoms with Crippen LogP contribution >= 0.6 is 11.3 Å². The number of carbonyl (C=O) groups excluding carboxylic acids is 1. The van der Waals surface area contributed by atoms with Crippen LogP contribution in [0.25, 0.3) is 6.08 Å². The molecule has 0 bridgehead atoms. The Hall–Kier alpha value is -2.07. The topological polar surface area (TPSA) is 46.5 Å². The van der Waals surface area contributed by atoms with Crippen LogP contribution in [0, 0.1) is 12.8 Å². The highest BCUT2D eigenvalue weighted by atomic mass is 32.1. The molecule has 1 aromatic heterocycles. The number of allylic oxidation sites excluding steroid dienone is 1. The molecule has 1 heterocycles. The van der Waals surface area contributed by atoms with Gasteiger partial charge in [0.05, 0.1) is 12.2 Å². The lowest BCUT2D eigenvalue weighted by atomic mass is 10.1. The van der Waals surface area contributed by atoms with Gasteiger partial charge in [0, 0.05) is 9.75 Å². The SMILES string of the molecule is Cc1ccc(/C=C/C(=O)c2cc(OCC(C)C)ccc2O)s1. The molecule has 2 aromatic rings. The molecule has 0 saturated heterocycles. The van der Waals surface area contributed by atoms with E-state index in [-0.39, 0.29) is 17.1 Å². The van der Waals surface area contributed by atoms with Gasteiger partial charge in [0.15, 0.2) is 5.78 Å². The fourth-order valence-electron chi connectivity index (χ4n) is 1.86. The lowest BCUT2D eigenvalue weighted by Crippen LogP contribution is -2.05. The Bertz CT molecular complexity index is 683. The fraction of sp³-hybridized carbons (Fsp3) is 0.278. The zero-order valence-electron chi connectivity index (χ0n) is 13.0. The number of rotatable bonds is 6. The van der Waals surface area contributed by atoms with Crippen LogP contribution < -0.4 is 4.74 Å². The van der Waals surface area contributed by atoms with Crippen LogP contribution in [0.3, 0.4) is 0 Å². The summed E-state index contributed by atoms with van der Waals surface area (Å²) in [6, 6.07) is 8.72. The molecule has 4 heteroatoms. The molecule has 3 nitrogen and oxygen atoms in total. The predicted octanol–water partition coefficient (Wildman–Crippen LogP) is 4.69. The summed E-state index contributed by atoms with van der Waals surface area (Å²) in [5, 5.41) is 9.88. The number of hydrogen-bond acceptors (Lipinski definition) is 4. The average molecular weight is 316 g/mol. The monoisotopic (exact) mass is 316 g/mol. The summed E-state index contributed by atoms with van der Waals surface area (Å²) in [5.41, 5.74) is 0.255. The summed E-state index contributed by atoms with van der Waals surface area (Å²) in [6.07, 6.45) is 3.24. The molecule has 0 amide bonds. The number of phenolic OH excluding ortho intramolecular Hbond substituents is 1. The van der Waals surface area contributed by atoms with E-state index in [1.807, 2.05) is 19.1 Å². The van der Waals surface area contributed by atoms with Crippen molar-refractivity contribution < 1.29 is 14.6 Å². The van der Waals surface area contributed by atoms with E-state index >= 15 is 0 Å². The smallest absolute Gasteiger partial charge is 0.189 e. The number of ether oxygens (including phenoxy) is 1. The van der Waals surface area contributed by atoms with Crippen molar-refractivity contribution in [2.75, 3.05) is 6.61 Å². The standard InChI is InChI=1S/C18H20O3S/c1-12(2)11-21-14-5-8-17(19)16(10-14)18(20)9-7-15-6-4-13(3)22-15/h4-10,12,19H,11H2,1-3H3/b9-7+. The second-order valence-corrected chi connectivity index (χ2v) is 6.85. The maximum Gasteiger partial charge on any atom is 0.189 e. The van der Waals surface area contributed by atoms with Gasteiger partial charge in [-0.1, -0.05) is 13.8 Å². The normalized spacial score (nSPS) is 11.3. The first kappa shape index (κ1) is 16.3. The third kappa shape index (κ3) is 4.46. The van der Waals surface area contributed by atoms with Crippen molar-refractivity contribution in [1.82, 2.24) is 0 Å². The number of phenols is 1. The maximum absolute atomic E-state index is 12.2. The average Bonchev–Trinajstić information content (AvgIpc) is 2.89. The molecule has 0 radical (unpaired) electrons. The fourth-order valence-corrected chi connectivity index (χ4v) is 2.64. The molecule has 0 saturated carbocycles. The van der Waals surface area contributed by atoms with E-state index in [2.05, 4.69) is 13.8 Å². The maximum atomic E-state index is 12.2. The Balaban J connectivity index is 2.14. The highest BCUT2D eigenvalue weighted by Crippen LogP contribution is 2.25. The van der Waals surface area contributed by atoms with Gasteiger partial charge in [-0.3, -0.25) is 4.79 Å². The lowest BCUT2D eigenvalue weighted by Gasteiger charge is -2.10. The zero-order valence-corrected chi connectivity index (χ0v) is 13.8. The molecule has 22 heavy (non-hydrogen) atoms. The second kappa shape index (κ2) is 7.27. The van der Waals surface area contributed by atoms with Gasteiger partial charge in [-0.2, -0.15) is 0 Å². The second-order valence-electron chi connectivity index (χ2n) is 5.53. The van der Waals surface area contributed by atoms with Crippen molar-refractivity contribution in [3.05, 3.63) is 51.7 Å². The van der Waals surface area contributed by atoms with Crippen LogP contribution in [0.2, 0.25) is 0 Å². The van der Waals surface area contributed by atoms with Crippen LogP contribution in [0.4, 0.5) is 0 Å². The van der Waals surface area contributed by atoms with Gasteiger partial charge >= 0.3 is 0 Å². The quantitative estimate of drug-likeness (QED) is 0.621. The first-order valence-electron chi connectivity index (χ1n) is 7.20. The minimum absolute atomic E-state index is 0.0334. The molecule has 1 N–H and O–H groups in total. The number of carbonyl (C=O) groups is 1. The number of aryl methyl sites for hydroxylation is 1. The first-order chi connectivity index (χ1) is 10.5. The molecule has 0 atom stereocenters. The first-order valence-corrected chi connectivity index (χ1v) is 8.02.